The van der Waals surface area contributed by atoms with Crippen LogP contribution in [-0.2, 0) is 0 Å². The molecule has 0 fully saturated rings. The van der Waals surface area contributed by atoms with Gasteiger partial charge in [-0.1, -0.05) is 334 Å². The molecule has 0 N–H and O–H groups in total. The van der Waals surface area contributed by atoms with E-state index in [1.165, 1.54) is 16.4 Å². The maximum atomic E-state index is 2.69. The van der Waals surface area contributed by atoms with Crippen molar-refractivity contribution in [3.63, 3.8) is 0 Å². The van der Waals surface area contributed by atoms with Crippen LogP contribution in [0.5, 0.6) is 0 Å². The fourth-order valence-corrected chi connectivity index (χ4v) is 17.3. The number of hydrogen-bond acceptors (Lipinski definition) is 5. The summed E-state index contributed by atoms with van der Waals surface area (Å²) in [5.74, 6) is 0. The molecule has 20 rings (SSSR count). The van der Waals surface area contributed by atoms with Gasteiger partial charge in [0.1, 0.15) is 0 Å². The van der Waals surface area contributed by atoms with E-state index in [1.54, 1.807) is 0 Å². The van der Waals surface area contributed by atoms with Gasteiger partial charge < -0.3 is 24.5 Å². The second-order valence-electron chi connectivity index (χ2n) is 28.2. The zero-order valence-corrected chi connectivity index (χ0v) is 60.4. The first-order valence-electron chi connectivity index (χ1n) is 37.9. The lowest BCUT2D eigenvalue weighted by atomic mass is 9.33. The van der Waals surface area contributed by atoms with E-state index < -0.39 is 0 Å². The molecule has 0 saturated heterocycles. The first-order valence-corrected chi connectivity index (χ1v) is 37.9. The molecule has 110 heavy (non-hydrogen) atoms. The molecular formula is C104H72BN5. The molecule has 0 atom stereocenters. The van der Waals surface area contributed by atoms with Gasteiger partial charge in [-0.3, -0.25) is 0 Å². The molecule has 0 spiro atoms. The van der Waals surface area contributed by atoms with E-state index in [0.29, 0.717) is 0 Å². The van der Waals surface area contributed by atoms with Crippen LogP contribution in [0.2, 0.25) is 0 Å². The van der Waals surface area contributed by atoms with Crippen LogP contribution in [0, 0.1) is 0 Å². The normalized spacial score (nSPS) is 11.9. The van der Waals surface area contributed by atoms with E-state index in [2.05, 4.69) is 461 Å². The monoisotopic (exact) mass is 1400 g/mol. The number of anilines is 15. The number of para-hydroxylation sites is 8. The predicted molar refractivity (Wildman–Crippen MR) is 467 cm³/mol. The Morgan fingerprint density at radius 3 is 0.827 bits per heavy atom. The molecule has 2 heterocycles. The fraction of sp³-hybridized carbons (Fsp3) is 0. The molecule has 0 amide bonds. The molecule has 0 aromatic heterocycles. The molecule has 0 radical (unpaired) electrons. The van der Waals surface area contributed by atoms with E-state index in [1.807, 2.05) is 0 Å². The summed E-state index contributed by atoms with van der Waals surface area (Å²) in [4.78, 5) is 12.7. The highest BCUT2D eigenvalue weighted by Crippen LogP contribution is 2.57. The Balaban J connectivity index is 0.960. The highest BCUT2D eigenvalue weighted by Gasteiger charge is 2.46. The zero-order valence-electron chi connectivity index (χ0n) is 60.4. The maximum Gasteiger partial charge on any atom is 0.252 e. The van der Waals surface area contributed by atoms with Crippen molar-refractivity contribution in [1.82, 2.24) is 0 Å². The highest BCUT2D eigenvalue weighted by molar-refractivity contribution is 7.00. The minimum atomic E-state index is -0.326. The molecule has 2 aliphatic heterocycles. The van der Waals surface area contributed by atoms with E-state index in [0.717, 1.165) is 162 Å². The summed E-state index contributed by atoms with van der Waals surface area (Å²) in [6, 6.07) is 161. The van der Waals surface area contributed by atoms with Crippen molar-refractivity contribution in [2.75, 3.05) is 24.5 Å². The van der Waals surface area contributed by atoms with Crippen molar-refractivity contribution in [3.05, 3.63) is 437 Å². The molecular weight excluding hydrogens is 1330 g/mol. The first kappa shape index (κ1) is 65.1. The van der Waals surface area contributed by atoms with Gasteiger partial charge >= 0.3 is 0 Å². The number of hydrogen-bond donors (Lipinski definition) is 0. The highest BCUT2D eigenvalue weighted by atomic mass is 15.2. The second-order valence-corrected chi connectivity index (χ2v) is 28.2. The summed E-state index contributed by atoms with van der Waals surface area (Å²) in [5.41, 5.74) is 30.6. The minimum absolute atomic E-state index is 0.326. The van der Waals surface area contributed by atoms with E-state index in [4.69, 9.17) is 0 Å². The quantitative estimate of drug-likeness (QED) is 0.0706. The third-order valence-corrected chi connectivity index (χ3v) is 21.9. The summed E-state index contributed by atoms with van der Waals surface area (Å²) < 4.78 is 0. The van der Waals surface area contributed by atoms with Crippen molar-refractivity contribution in [2.24, 2.45) is 0 Å². The van der Waals surface area contributed by atoms with Crippen LogP contribution in [0.25, 0.3) is 77.2 Å². The Hall–Kier alpha value is -14.5. The molecule has 2 aliphatic rings. The van der Waals surface area contributed by atoms with Crippen LogP contribution in [-0.4, -0.2) is 6.71 Å². The summed E-state index contributed by atoms with van der Waals surface area (Å²) in [5, 5.41) is 4.60. The van der Waals surface area contributed by atoms with Gasteiger partial charge in [0, 0.05) is 95.6 Å². The fourth-order valence-electron chi connectivity index (χ4n) is 17.3. The van der Waals surface area contributed by atoms with Gasteiger partial charge in [-0.25, -0.2) is 0 Å². The Bertz CT molecular complexity index is 6110. The van der Waals surface area contributed by atoms with Crippen molar-refractivity contribution in [3.8, 4) is 55.6 Å². The van der Waals surface area contributed by atoms with Crippen molar-refractivity contribution in [2.45, 2.75) is 0 Å². The topological polar surface area (TPSA) is 16.2 Å². The van der Waals surface area contributed by atoms with Gasteiger partial charge in [0.25, 0.3) is 6.71 Å². The van der Waals surface area contributed by atoms with Crippen molar-refractivity contribution in [1.29, 1.82) is 0 Å². The van der Waals surface area contributed by atoms with Crippen molar-refractivity contribution >= 4 is 130 Å². The second kappa shape index (κ2) is 28.1. The molecule has 18 aromatic rings. The summed E-state index contributed by atoms with van der Waals surface area (Å²) in [7, 11) is 0. The van der Waals surface area contributed by atoms with Crippen LogP contribution in [0.4, 0.5) is 85.3 Å². The Kier molecular flexibility index (Phi) is 16.6. The van der Waals surface area contributed by atoms with Gasteiger partial charge in [0.15, 0.2) is 0 Å². The standard InChI is InChI=1S/C104H72BN5/c1-11-37-73(38-12-1)86-61-35-62-87(74-39-13-2-14-40-74)102(86)109-96-69-77(100-90-57-31-33-59-92(90)104(93-60-34-32-58-91(93)100)108(82-53-27-9-28-54-82)83-55-29-10-30-56-83)65-67-94(96)105-95-68-66-84(106(78-45-19-5-20-46-78)79-47-21-6-22-48-79)70-97(95)110(103-88(75-41-15-3-16-42-75)63-36-64-89(103)76-43-17-4-18-44-76)99-72-85(71-98(109)101(99)105)107(80-49-23-7-24-50-80)81-51-25-8-26-52-81/h1-72H. The third-order valence-electron chi connectivity index (χ3n) is 21.9. The SMILES string of the molecule is c1ccc(-c2cccc(-c3ccccc3)c2N2c3cc(-c4c5ccccc5c(N(c5ccccc5)c5ccccc5)c5ccccc45)ccc3B3c4ccc(N(c5ccccc5)c5ccccc5)cc4N(c4c(-c5ccccc5)cccc4-c4ccccc4)c4cc(N(c5ccccc5)c5ccccc5)cc2c43)cc1. The van der Waals surface area contributed by atoms with Gasteiger partial charge in [-0.2, -0.15) is 0 Å². The van der Waals surface area contributed by atoms with Crippen LogP contribution in [0.15, 0.2) is 437 Å². The average Bonchev–Trinajstić information content (AvgIpc) is 0.685. The summed E-state index contributed by atoms with van der Waals surface area (Å²) in [6.45, 7) is -0.326. The Labute approximate surface area is 642 Å². The van der Waals surface area contributed by atoms with Crippen molar-refractivity contribution < 1.29 is 0 Å². The molecule has 0 unspecified atom stereocenters. The Morgan fingerprint density at radius 2 is 0.473 bits per heavy atom. The summed E-state index contributed by atoms with van der Waals surface area (Å²) in [6.07, 6.45) is 0. The molecule has 0 aliphatic carbocycles. The first-order chi connectivity index (χ1) is 54.7. The number of rotatable bonds is 16. The molecule has 0 saturated carbocycles. The molecule has 6 heteroatoms. The largest absolute Gasteiger partial charge is 0.310 e. The molecule has 0 bridgehead atoms. The summed E-state index contributed by atoms with van der Waals surface area (Å²) >= 11 is 0. The van der Waals surface area contributed by atoms with Crippen LogP contribution >= 0.6 is 0 Å². The lowest BCUT2D eigenvalue weighted by Crippen LogP contribution is -2.61. The lowest BCUT2D eigenvalue weighted by Gasteiger charge is -2.46. The Morgan fingerprint density at radius 1 is 0.191 bits per heavy atom. The maximum absolute atomic E-state index is 2.69. The third kappa shape index (κ3) is 11.4. The predicted octanol–water partition coefficient (Wildman–Crippen LogP) is 26.8. The molecule has 516 valence electrons. The van der Waals surface area contributed by atoms with Crippen LogP contribution in [0.3, 0.4) is 0 Å². The average molecular weight is 1400 g/mol. The van der Waals surface area contributed by atoms with Gasteiger partial charge in [0.05, 0.1) is 22.7 Å². The minimum Gasteiger partial charge on any atom is -0.310 e. The zero-order chi connectivity index (χ0) is 72.9. The number of nitrogens with zero attached hydrogens (tertiary/aromatic N) is 5. The molecule has 5 nitrogen and oxygen atoms in total. The number of fused-ring (bicyclic) bond motifs is 6. The van der Waals surface area contributed by atoms with Gasteiger partial charge in [0.2, 0.25) is 0 Å². The van der Waals surface area contributed by atoms with E-state index >= 15 is 0 Å². The van der Waals surface area contributed by atoms with Crippen LogP contribution < -0.4 is 40.9 Å². The smallest absolute Gasteiger partial charge is 0.252 e. The lowest BCUT2D eigenvalue weighted by molar-refractivity contribution is 1.22. The van der Waals surface area contributed by atoms with E-state index in [9.17, 15) is 0 Å². The van der Waals surface area contributed by atoms with Gasteiger partial charge in [-0.05, 0) is 164 Å². The molecule has 18 aromatic carbocycles. The van der Waals surface area contributed by atoms with Gasteiger partial charge in [-0.15, -0.1) is 0 Å². The van der Waals surface area contributed by atoms with Crippen LogP contribution in [0.1, 0.15) is 0 Å². The van der Waals surface area contributed by atoms with E-state index in [-0.39, 0.29) is 6.71 Å². The number of benzene rings is 18.